The van der Waals surface area contributed by atoms with E-state index in [1.807, 2.05) is 0 Å². The average Bonchev–Trinajstić information content (AvgIpc) is 2.98. The van der Waals surface area contributed by atoms with Crippen molar-refractivity contribution < 1.29 is 27.5 Å². The second kappa shape index (κ2) is 6.81. The van der Waals surface area contributed by atoms with Gasteiger partial charge in [-0.1, -0.05) is 11.3 Å². The van der Waals surface area contributed by atoms with E-state index >= 15 is 0 Å². The largest absolute Gasteiger partial charge is 0.445 e. The molecule has 5 nitrogen and oxygen atoms in total. The molecule has 130 valence electrons. The third-order valence-electron chi connectivity index (χ3n) is 3.01. The molecular weight excluding hydrogens is 350 g/mol. The van der Waals surface area contributed by atoms with Crippen LogP contribution in [0.1, 0.15) is 30.0 Å². The van der Waals surface area contributed by atoms with Gasteiger partial charge in [0.15, 0.2) is 11.1 Å². The minimum absolute atomic E-state index is 0.0983. The predicted octanol–water partition coefficient (Wildman–Crippen LogP) is 3.17. The lowest BCUT2D eigenvalue weighted by Gasteiger charge is -2.28. The predicted molar refractivity (Wildman–Crippen MR) is 78.9 cm³/mol. The molecule has 0 radical (unpaired) electrons. The Balaban J connectivity index is 2.29. The standard InChI is InChI=1S/C14H13F4N3O2S/c1-7(2)21(9-5-3-8(15)4-6-9)12(23)10(22)11-19-20-13(24-11)14(16,17)18/h3-7,10,22H,1-2H3. The minimum atomic E-state index is -4.70. The molecule has 0 saturated carbocycles. The maximum Gasteiger partial charge on any atom is 0.445 e. The van der Waals surface area contributed by atoms with Crippen LogP contribution in [0.25, 0.3) is 0 Å². The number of amides is 1. The number of alkyl halides is 3. The Morgan fingerprint density at radius 3 is 2.25 bits per heavy atom. The summed E-state index contributed by atoms with van der Waals surface area (Å²) in [5, 5.41) is 14.6. The molecule has 0 aliphatic carbocycles. The molecule has 1 N–H and O–H groups in total. The quantitative estimate of drug-likeness (QED) is 0.848. The monoisotopic (exact) mass is 363 g/mol. The van der Waals surface area contributed by atoms with Crippen LogP contribution in [0.4, 0.5) is 23.2 Å². The first-order valence-electron chi connectivity index (χ1n) is 6.78. The van der Waals surface area contributed by atoms with Crippen molar-refractivity contribution in [2.24, 2.45) is 0 Å². The van der Waals surface area contributed by atoms with Crippen molar-refractivity contribution in [2.45, 2.75) is 32.2 Å². The van der Waals surface area contributed by atoms with Crippen molar-refractivity contribution in [2.75, 3.05) is 4.90 Å². The van der Waals surface area contributed by atoms with Crippen molar-refractivity contribution in [3.05, 3.63) is 40.1 Å². The summed E-state index contributed by atoms with van der Waals surface area (Å²) < 4.78 is 50.7. The molecule has 24 heavy (non-hydrogen) atoms. The van der Waals surface area contributed by atoms with Crippen LogP contribution in [0.2, 0.25) is 0 Å². The van der Waals surface area contributed by atoms with Gasteiger partial charge in [-0.3, -0.25) is 4.79 Å². The fraction of sp³-hybridized carbons (Fsp3) is 0.357. The molecule has 10 heteroatoms. The molecule has 0 saturated heterocycles. The highest BCUT2D eigenvalue weighted by atomic mass is 32.1. The van der Waals surface area contributed by atoms with Crippen LogP contribution in [0.3, 0.4) is 0 Å². The van der Waals surface area contributed by atoms with Crippen LogP contribution in [-0.4, -0.2) is 27.3 Å². The zero-order chi connectivity index (χ0) is 18.1. The lowest BCUT2D eigenvalue weighted by atomic mass is 10.2. The number of rotatable bonds is 4. The molecule has 0 bridgehead atoms. The van der Waals surface area contributed by atoms with Crippen molar-refractivity contribution in [1.82, 2.24) is 10.2 Å². The molecular formula is C14H13F4N3O2S. The molecule has 0 aliphatic rings. The Morgan fingerprint density at radius 1 is 1.21 bits per heavy atom. The van der Waals surface area contributed by atoms with Gasteiger partial charge in [-0.25, -0.2) is 4.39 Å². The number of aliphatic hydroxyl groups is 1. The van der Waals surface area contributed by atoms with Gasteiger partial charge in [0.05, 0.1) is 0 Å². The Morgan fingerprint density at radius 2 is 1.79 bits per heavy atom. The van der Waals surface area contributed by atoms with E-state index in [1.54, 1.807) is 13.8 Å². The average molecular weight is 363 g/mol. The summed E-state index contributed by atoms with van der Waals surface area (Å²) in [6.07, 6.45) is -6.60. The van der Waals surface area contributed by atoms with E-state index in [2.05, 4.69) is 10.2 Å². The lowest BCUT2D eigenvalue weighted by Crippen LogP contribution is -2.40. The zero-order valence-corrected chi connectivity index (χ0v) is 13.4. The summed E-state index contributed by atoms with van der Waals surface area (Å²) in [7, 11) is 0. The molecule has 1 heterocycles. The van der Waals surface area contributed by atoms with Crippen LogP contribution in [0, 0.1) is 5.82 Å². The highest BCUT2D eigenvalue weighted by Crippen LogP contribution is 2.34. The number of nitrogens with zero attached hydrogens (tertiary/aromatic N) is 3. The molecule has 2 aromatic rings. The maximum atomic E-state index is 13.0. The Hall–Kier alpha value is -2.07. The highest BCUT2D eigenvalue weighted by molar-refractivity contribution is 7.11. The number of carbonyl (C=O) groups is 1. The smallest absolute Gasteiger partial charge is 0.376 e. The van der Waals surface area contributed by atoms with Crippen molar-refractivity contribution in [3.8, 4) is 0 Å². The number of aromatic nitrogens is 2. The molecule has 1 aromatic heterocycles. The van der Waals surface area contributed by atoms with E-state index in [-0.39, 0.29) is 11.3 Å². The number of halogens is 4. The molecule has 2 rings (SSSR count). The van der Waals surface area contributed by atoms with Crippen LogP contribution in [0.5, 0.6) is 0 Å². The van der Waals surface area contributed by atoms with Gasteiger partial charge in [-0.2, -0.15) is 13.2 Å². The van der Waals surface area contributed by atoms with E-state index in [9.17, 15) is 27.5 Å². The van der Waals surface area contributed by atoms with Crippen molar-refractivity contribution in [3.63, 3.8) is 0 Å². The van der Waals surface area contributed by atoms with Crippen LogP contribution in [-0.2, 0) is 11.0 Å². The molecule has 0 spiro atoms. The summed E-state index contributed by atoms with van der Waals surface area (Å²) in [4.78, 5) is 13.6. The highest BCUT2D eigenvalue weighted by Gasteiger charge is 2.38. The van der Waals surface area contributed by atoms with E-state index in [0.29, 0.717) is 5.69 Å². The van der Waals surface area contributed by atoms with E-state index in [0.717, 1.165) is 17.0 Å². The summed E-state index contributed by atoms with van der Waals surface area (Å²) >= 11 is 0.0983. The third kappa shape index (κ3) is 3.88. The van der Waals surface area contributed by atoms with Crippen LogP contribution < -0.4 is 4.90 Å². The molecule has 0 fully saturated rings. The van der Waals surface area contributed by atoms with Gasteiger partial charge >= 0.3 is 6.18 Å². The number of hydrogen-bond donors (Lipinski definition) is 1. The Bertz CT molecular complexity index is 716. The molecule has 1 unspecified atom stereocenters. The fourth-order valence-electron chi connectivity index (χ4n) is 1.98. The fourth-order valence-corrected chi connectivity index (χ4v) is 2.67. The first kappa shape index (κ1) is 18.3. The van der Waals surface area contributed by atoms with Crippen molar-refractivity contribution >= 4 is 22.9 Å². The van der Waals surface area contributed by atoms with Gasteiger partial charge in [0.1, 0.15) is 5.82 Å². The first-order valence-corrected chi connectivity index (χ1v) is 7.60. The van der Waals surface area contributed by atoms with Gasteiger partial charge in [-0.15, -0.1) is 10.2 Å². The summed E-state index contributed by atoms with van der Waals surface area (Å²) in [6, 6.07) is 4.52. The van der Waals surface area contributed by atoms with Gasteiger partial charge in [0.25, 0.3) is 5.91 Å². The topological polar surface area (TPSA) is 66.3 Å². The third-order valence-corrected chi connectivity index (χ3v) is 4.03. The normalized spacial score (nSPS) is 13.2. The summed E-state index contributed by atoms with van der Waals surface area (Å²) in [5.41, 5.74) is 0.302. The Labute approximate surface area is 138 Å². The van der Waals surface area contributed by atoms with Crippen LogP contribution in [0.15, 0.2) is 24.3 Å². The number of hydrogen-bond acceptors (Lipinski definition) is 5. The summed E-state index contributed by atoms with van der Waals surface area (Å²) in [6.45, 7) is 3.30. The Kier molecular flexibility index (Phi) is 5.19. The molecule has 1 aromatic carbocycles. The maximum absolute atomic E-state index is 13.0. The SMILES string of the molecule is CC(C)N(C(=O)C(O)c1nnc(C(F)(F)F)s1)c1ccc(F)cc1. The van der Waals surface area contributed by atoms with E-state index < -0.39 is 40.1 Å². The molecule has 1 amide bonds. The summed E-state index contributed by atoms with van der Waals surface area (Å²) in [5.74, 6) is -1.38. The van der Waals surface area contributed by atoms with Gasteiger partial charge in [0.2, 0.25) is 5.01 Å². The van der Waals surface area contributed by atoms with Crippen molar-refractivity contribution in [1.29, 1.82) is 0 Å². The number of aliphatic hydroxyl groups excluding tert-OH is 1. The minimum Gasteiger partial charge on any atom is -0.376 e. The number of benzene rings is 1. The van der Waals surface area contributed by atoms with Gasteiger partial charge in [0, 0.05) is 11.7 Å². The number of anilines is 1. The second-order valence-corrected chi connectivity index (χ2v) is 6.13. The second-order valence-electron chi connectivity index (χ2n) is 5.12. The van der Waals surface area contributed by atoms with Crippen LogP contribution >= 0.6 is 11.3 Å². The van der Waals surface area contributed by atoms with E-state index in [1.165, 1.54) is 12.1 Å². The molecule has 1 atom stereocenters. The number of carbonyl (C=O) groups excluding carboxylic acids is 1. The van der Waals surface area contributed by atoms with E-state index in [4.69, 9.17) is 0 Å². The lowest BCUT2D eigenvalue weighted by molar-refractivity contribution is -0.138. The zero-order valence-electron chi connectivity index (χ0n) is 12.6. The van der Waals surface area contributed by atoms with Gasteiger partial charge < -0.3 is 10.0 Å². The first-order chi connectivity index (χ1) is 11.1. The molecule has 0 aliphatic heterocycles. The van der Waals surface area contributed by atoms with Gasteiger partial charge in [-0.05, 0) is 38.1 Å².